The minimum absolute atomic E-state index is 0.109. The van der Waals surface area contributed by atoms with E-state index in [-0.39, 0.29) is 5.60 Å². The van der Waals surface area contributed by atoms with E-state index in [1.807, 2.05) is 12.1 Å². The Morgan fingerprint density at radius 3 is 2.50 bits per heavy atom. The van der Waals surface area contributed by atoms with E-state index < -0.39 is 0 Å². The number of epoxide rings is 1. The van der Waals surface area contributed by atoms with Crippen molar-refractivity contribution in [2.75, 3.05) is 6.61 Å². The lowest BCUT2D eigenvalue weighted by Gasteiger charge is -2.05. The highest BCUT2D eigenvalue weighted by Gasteiger charge is 2.46. The molecule has 1 atom stereocenters. The predicted octanol–water partition coefficient (Wildman–Crippen LogP) is 4.53. The van der Waals surface area contributed by atoms with E-state index in [0.717, 1.165) is 25.0 Å². The van der Waals surface area contributed by atoms with Crippen molar-refractivity contribution in [3.8, 4) is 5.75 Å². The second-order valence-corrected chi connectivity index (χ2v) is 6.11. The minimum atomic E-state index is 0.109. The fourth-order valence-corrected chi connectivity index (χ4v) is 2.30. The van der Waals surface area contributed by atoms with Crippen molar-refractivity contribution >= 4 is 0 Å². The summed E-state index contributed by atoms with van der Waals surface area (Å²) in [6.45, 7) is 9.28. The van der Waals surface area contributed by atoms with Gasteiger partial charge in [-0.05, 0) is 63.8 Å². The molecule has 0 radical (unpaired) electrons. The molecule has 110 valence electrons. The zero-order valence-corrected chi connectivity index (χ0v) is 13.1. The normalized spacial score (nSPS) is 20.8. The zero-order chi connectivity index (χ0) is 14.6. The Hall–Kier alpha value is -1.28. The molecule has 1 aliphatic heterocycles. The monoisotopic (exact) mass is 274 g/mol. The molecule has 2 nitrogen and oxygen atoms in total. The quantitative estimate of drug-likeness (QED) is 0.538. The van der Waals surface area contributed by atoms with Crippen LogP contribution in [0.2, 0.25) is 0 Å². The first-order valence-corrected chi connectivity index (χ1v) is 7.56. The first-order chi connectivity index (χ1) is 9.51. The van der Waals surface area contributed by atoms with Crippen LogP contribution in [-0.4, -0.2) is 18.3 Å². The Morgan fingerprint density at radius 2 is 1.95 bits per heavy atom. The van der Waals surface area contributed by atoms with Crippen LogP contribution in [-0.2, 0) is 11.2 Å². The van der Waals surface area contributed by atoms with Gasteiger partial charge in [0.1, 0.15) is 12.4 Å². The summed E-state index contributed by atoms with van der Waals surface area (Å²) in [5.41, 5.74) is 2.83. The Morgan fingerprint density at radius 1 is 1.30 bits per heavy atom. The van der Waals surface area contributed by atoms with Crippen molar-refractivity contribution in [3.63, 3.8) is 0 Å². The van der Waals surface area contributed by atoms with E-state index in [1.54, 1.807) is 0 Å². The van der Waals surface area contributed by atoms with Gasteiger partial charge < -0.3 is 9.47 Å². The highest BCUT2D eigenvalue weighted by Crippen LogP contribution is 2.38. The van der Waals surface area contributed by atoms with E-state index in [1.165, 1.54) is 11.1 Å². The van der Waals surface area contributed by atoms with Gasteiger partial charge >= 0.3 is 0 Å². The fourth-order valence-electron chi connectivity index (χ4n) is 2.30. The highest BCUT2D eigenvalue weighted by molar-refractivity contribution is 5.27. The molecule has 1 aliphatic rings. The molecule has 0 N–H and O–H groups in total. The summed E-state index contributed by atoms with van der Waals surface area (Å²) in [6, 6.07) is 8.34. The minimum Gasteiger partial charge on any atom is -0.490 e. The molecule has 1 saturated heterocycles. The molecule has 0 aliphatic carbocycles. The summed E-state index contributed by atoms with van der Waals surface area (Å²) in [5, 5.41) is 0. The first kappa shape index (κ1) is 15.1. The molecule has 2 heteroatoms. The van der Waals surface area contributed by atoms with E-state index in [9.17, 15) is 0 Å². The SMILES string of the molecule is CCc1ccc(OC/C=C(\C)CCC2OC2(C)C)cc1. The van der Waals surface area contributed by atoms with E-state index >= 15 is 0 Å². The van der Waals surface area contributed by atoms with Gasteiger partial charge in [0.05, 0.1) is 11.7 Å². The molecule has 0 aromatic heterocycles. The summed E-state index contributed by atoms with van der Waals surface area (Å²) >= 11 is 0. The van der Waals surface area contributed by atoms with Crippen molar-refractivity contribution in [1.29, 1.82) is 0 Å². The summed E-state index contributed by atoms with van der Waals surface area (Å²) in [7, 11) is 0. The van der Waals surface area contributed by atoms with Gasteiger partial charge in [0.25, 0.3) is 0 Å². The van der Waals surface area contributed by atoms with Crippen molar-refractivity contribution in [1.82, 2.24) is 0 Å². The van der Waals surface area contributed by atoms with Crippen LogP contribution >= 0.6 is 0 Å². The lowest BCUT2D eigenvalue weighted by molar-refractivity contribution is 0.320. The predicted molar refractivity (Wildman–Crippen MR) is 83.3 cm³/mol. The van der Waals surface area contributed by atoms with Gasteiger partial charge in [-0.3, -0.25) is 0 Å². The van der Waals surface area contributed by atoms with Crippen LogP contribution in [0, 0.1) is 0 Å². The molecule has 20 heavy (non-hydrogen) atoms. The van der Waals surface area contributed by atoms with Crippen LogP contribution in [0.25, 0.3) is 0 Å². The Kier molecular flexibility index (Phi) is 4.87. The second-order valence-electron chi connectivity index (χ2n) is 6.11. The van der Waals surface area contributed by atoms with E-state index in [2.05, 4.69) is 45.9 Å². The molecule has 1 fully saturated rings. The van der Waals surface area contributed by atoms with E-state index in [0.29, 0.717) is 12.7 Å². The lowest BCUT2D eigenvalue weighted by atomic mass is 10.0. The Balaban J connectivity index is 1.69. The van der Waals surface area contributed by atoms with Gasteiger partial charge in [-0.2, -0.15) is 0 Å². The largest absolute Gasteiger partial charge is 0.490 e. The van der Waals surface area contributed by atoms with Crippen LogP contribution in [0.4, 0.5) is 0 Å². The van der Waals surface area contributed by atoms with Gasteiger partial charge in [0.15, 0.2) is 0 Å². The standard InChI is InChI=1S/C18H26O2/c1-5-15-7-9-16(10-8-15)19-13-12-14(2)6-11-17-18(3,4)20-17/h7-10,12,17H,5-6,11,13H2,1-4H3/b14-12+. The topological polar surface area (TPSA) is 21.8 Å². The molecular formula is C18H26O2. The highest BCUT2D eigenvalue weighted by atomic mass is 16.6. The van der Waals surface area contributed by atoms with Crippen LogP contribution in [0.3, 0.4) is 0 Å². The number of allylic oxidation sites excluding steroid dienone is 1. The first-order valence-electron chi connectivity index (χ1n) is 7.56. The lowest BCUT2D eigenvalue weighted by Crippen LogP contribution is -2.03. The van der Waals surface area contributed by atoms with Crippen molar-refractivity contribution in [2.24, 2.45) is 0 Å². The summed E-state index contributed by atoms with van der Waals surface area (Å²) in [6.07, 6.45) is 5.88. The Labute approximate surface area is 122 Å². The van der Waals surface area contributed by atoms with Gasteiger partial charge in [-0.1, -0.05) is 24.6 Å². The molecule has 1 unspecified atom stereocenters. The number of aryl methyl sites for hydroxylation is 1. The van der Waals surface area contributed by atoms with Gasteiger partial charge in [0.2, 0.25) is 0 Å². The number of hydrogen-bond acceptors (Lipinski definition) is 2. The number of ether oxygens (including phenoxy) is 2. The molecular weight excluding hydrogens is 248 g/mol. The van der Waals surface area contributed by atoms with Crippen LogP contribution in [0.1, 0.15) is 46.1 Å². The third-order valence-corrected chi connectivity index (χ3v) is 3.98. The smallest absolute Gasteiger partial charge is 0.119 e. The fraction of sp³-hybridized carbons (Fsp3) is 0.556. The summed E-state index contributed by atoms with van der Waals surface area (Å²) < 4.78 is 11.3. The maximum absolute atomic E-state index is 5.73. The molecule has 1 heterocycles. The molecule has 0 amide bonds. The Bertz CT molecular complexity index is 457. The van der Waals surface area contributed by atoms with E-state index in [4.69, 9.17) is 9.47 Å². The number of rotatable bonds is 7. The second kappa shape index (κ2) is 6.45. The third kappa shape index (κ3) is 4.38. The maximum Gasteiger partial charge on any atom is 0.119 e. The van der Waals surface area contributed by atoms with Crippen molar-refractivity contribution < 1.29 is 9.47 Å². The number of hydrogen-bond donors (Lipinski definition) is 0. The van der Waals surface area contributed by atoms with Crippen LogP contribution in [0.15, 0.2) is 35.9 Å². The van der Waals surface area contributed by atoms with Crippen LogP contribution < -0.4 is 4.74 Å². The average molecular weight is 274 g/mol. The summed E-state index contributed by atoms with van der Waals surface area (Å²) in [5.74, 6) is 0.943. The van der Waals surface area contributed by atoms with Gasteiger partial charge in [0, 0.05) is 0 Å². The molecule has 2 rings (SSSR count). The zero-order valence-electron chi connectivity index (χ0n) is 13.1. The van der Waals surface area contributed by atoms with Gasteiger partial charge in [-0.15, -0.1) is 0 Å². The van der Waals surface area contributed by atoms with Crippen molar-refractivity contribution in [3.05, 3.63) is 41.5 Å². The maximum atomic E-state index is 5.73. The molecule has 1 aromatic rings. The average Bonchev–Trinajstić information content (AvgIpc) is 3.05. The molecule has 0 bridgehead atoms. The third-order valence-electron chi connectivity index (χ3n) is 3.98. The van der Waals surface area contributed by atoms with Crippen molar-refractivity contribution in [2.45, 2.75) is 58.7 Å². The molecule has 0 spiro atoms. The molecule has 0 saturated carbocycles. The van der Waals surface area contributed by atoms with Gasteiger partial charge in [-0.25, -0.2) is 0 Å². The summed E-state index contributed by atoms with van der Waals surface area (Å²) in [4.78, 5) is 0. The number of benzene rings is 1. The molecule has 1 aromatic carbocycles. The van der Waals surface area contributed by atoms with Crippen LogP contribution in [0.5, 0.6) is 5.75 Å².